The largest absolute Gasteiger partial charge is 0.544 e. The van der Waals surface area contributed by atoms with E-state index < -0.39 is 47.7 Å². The zero-order valence-corrected chi connectivity index (χ0v) is 16.4. The molecule has 0 heterocycles. The van der Waals surface area contributed by atoms with Crippen LogP contribution in [0.4, 0.5) is 0 Å². The third-order valence-electron chi connectivity index (χ3n) is 3.44. The van der Waals surface area contributed by atoms with Crippen LogP contribution >= 0.6 is 11.8 Å². The number of nitrogens with one attached hydrogen (secondary N) is 2. The number of hydrogen-bond acceptors (Lipinski definition) is 7. The van der Waals surface area contributed by atoms with Crippen LogP contribution < -0.4 is 21.5 Å². The molecule has 0 fully saturated rings. The standard InChI is InChI=1S/C16H25N3O8S/c1-8(2)13(16(26)27)19-14(23)10(6-28-7-12(21)22)18-11(20)5-3-4-9(17)15(24)25/h6,8-9,13H,3-5,7,17H2,1-2H3,(H,18,20)(H,19,23)(H,21,22)(H,24,25)(H,26,27)/t9-,13+/m0/s1. The molecule has 0 spiro atoms. The van der Waals surface area contributed by atoms with Crippen LogP contribution in [0.2, 0.25) is 0 Å². The van der Waals surface area contributed by atoms with Gasteiger partial charge in [0.2, 0.25) is 5.91 Å². The second kappa shape index (κ2) is 12.7. The number of carboxylic acids is 3. The van der Waals surface area contributed by atoms with Crippen LogP contribution in [-0.4, -0.2) is 57.8 Å². The van der Waals surface area contributed by atoms with Crippen molar-refractivity contribution in [3.05, 3.63) is 11.1 Å². The first kappa shape index (κ1) is 25.4. The minimum absolute atomic E-state index is 0.100. The molecule has 7 N–H and O–H groups in total. The summed E-state index contributed by atoms with van der Waals surface area (Å²) in [4.78, 5) is 56.8. The fraction of sp³-hybridized carbons (Fsp3) is 0.562. The van der Waals surface area contributed by atoms with E-state index in [0.717, 1.165) is 17.2 Å². The average Bonchev–Trinajstić information content (AvgIpc) is 2.57. The van der Waals surface area contributed by atoms with Gasteiger partial charge in [-0.15, -0.1) is 11.8 Å². The van der Waals surface area contributed by atoms with Crippen LogP contribution in [0.3, 0.4) is 0 Å². The van der Waals surface area contributed by atoms with Gasteiger partial charge in [0.1, 0.15) is 17.8 Å². The molecule has 0 aliphatic carbocycles. The maximum Gasteiger partial charge on any atom is 0.326 e. The van der Waals surface area contributed by atoms with Gasteiger partial charge in [0.15, 0.2) is 0 Å². The molecule has 28 heavy (non-hydrogen) atoms. The van der Waals surface area contributed by atoms with E-state index in [9.17, 15) is 29.1 Å². The van der Waals surface area contributed by atoms with Crippen molar-refractivity contribution in [2.24, 2.45) is 5.92 Å². The summed E-state index contributed by atoms with van der Waals surface area (Å²) < 4.78 is 0. The third kappa shape index (κ3) is 10.5. The Balaban J connectivity index is 5.03. The summed E-state index contributed by atoms with van der Waals surface area (Å²) in [5, 5.41) is 34.1. The predicted molar refractivity (Wildman–Crippen MR) is 96.3 cm³/mol. The topological polar surface area (TPSA) is 201 Å². The number of carboxylic acid groups (broad SMARTS) is 3. The van der Waals surface area contributed by atoms with Crippen molar-refractivity contribution in [3.8, 4) is 0 Å². The van der Waals surface area contributed by atoms with Crippen molar-refractivity contribution in [1.29, 1.82) is 0 Å². The molecule has 0 aliphatic heterocycles. The highest BCUT2D eigenvalue weighted by molar-refractivity contribution is 8.02. The summed E-state index contributed by atoms with van der Waals surface area (Å²) >= 11 is 0.736. The monoisotopic (exact) mass is 419 g/mol. The Hall–Kier alpha value is -2.60. The third-order valence-corrected chi connectivity index (χ3v) is 4.25. The quantitative estimate of drug-likeness (QED) is 0.200. The van der Waals surface area contributed by atoms with Crippen LogP contribution in [0.25, 0.3) is 0 Å². The minimum atomic E-state index is -1.33. The van der Waals surface area contributed by atoms with Gasteiger partial charge in [0.25, 0.3) is 5.91 Å². The maximum atomic E-state index is 12.3. The molecule has 0 bridgehead atoms. The van der Waals surface area contributed by atoms with E-state index >= 15 is 0 Å². The molecule has 0 saturated heterocycles. The lowest BCUT2D eigenvalue weighted by atomic mass is 10.0. The fourth-order valence-electron chi connectivity index (χ4n) is 1.91. The van der Waals surface area contributed by atoms with Crippen LogP contribution in [0.5, 0.6) is 0 Å². The molecular weight excluding hydrogens is 394 g/mol. The molecule has 12 heteroatoms. The summed E-state index contributed by atoms with van der Waals surface area (Å²) in [6.45, 7) is 3.18. The van der Waals surface area contributed by atoms with E-state index in [1.54, 1.807) is 13.8 Å². The van der Waals surface area contributed by atoms with Gasteiger partial charge in [-0.05, 0) is 12.3 Å². The van der Waals surface area contributed by atoms with Crippen LogP contribution in [-0.2, 0) is 24.0 Å². The summed E-state index contributed by atoms with van der Waals surface area (Å²) in [6.07, 6.45) is 0.165. The lowest BCUT2D eigenvalue weighted by molar-refractivity contribution is -0.438. The molecule has 0 aromatic heterocycles. The molecule has 0 aliphatic rings. The summed E-state index contributed by atoms with van der Waals surface area (Å²) in [5.74, 6) is -6.01. The SMILES string of the molecule is CC(C)[C@@H](NC(=O)C(=CSCC(=O)O)NC(=O)CCC[C@H]([NH3+])C(=O)[O-])C(=O)O. The predicted octanol–water partition coefficient (Wildman–Crippen LogP) is -2.48. The number of rotatable bonds is 13. The molecule has 158 valence electrons. The van der Waals surface area contributed by atoms with E-state index in [0.29, 0.717) is 0 Å². The molecule has 0 aromatic carbocycles. The number of thioether (sulfide) groups is 1. The zero-order valence-electron chi connectivity index (χ0n) is 15.6. The zero-order chi connectivity index (χ0) is 21.9. The Morgan fingerprint density at radius 1 is 1.18 bits per heavy atom. The number of carbonyl (C=O) groups is 5. The van der Waals surface area contributed by atoms with Gasteiger partial charge < -0.3 is 36.5 Å². The second-order valence-electron chi connectivity index (χ2n) is 6.23. The highest BCUT2D eigenvalue weighted by Gasteiger charge is 2.25. The Labute approximate surface area is 165 Å². The number of carbonyl (C=O) groups excluding carboxylic acids is 3. The highest BCUT2D eigenvalue weighted by Crippen LogP contribution is 2.09. The highest BCUT2D eigenvalue weighted by atomic mass is 32.2. The Morgan fingerprint density at radius 3 is 2.25 bits per heavy atom. The summed E-state index contributed by atoms with van der Waals surface area (Å²) in [7, 11) is 0. The first-order valence-corrected chi connectivity index (χ1v) is 9.41. The molecular formula is C16H25N3O8S. The summed E-state index contributed by atoms with van der Waals surface area (Å²) in [5.41, 5.74) is 3.07. The summed E-state index contributed by atoms with van der Waals surface area (Å²) in [6, 6.07) is -2.17. The maximum absolute atomic E-state index is 12.3. The molecule has 11 nitrogen and oxygen atoms in total. The van der Waals surface area contributed by atoms with Crippen molar-refractivity contribution < 1.29 is 45.0 Å². The average molecular weight is 419 g/mol. The minimum Gasteiger partial charge on any atom is -0.544 e. The van der Waals surface area contributed by atoms with Gasteiger partial charge in [-0.25, -0.2) is 4.79 Å². The molecule has 2 amide bonds. The van der Waals surface area contributed by atoms with Crippen LogP contribution in [0.15, 0.2) is 11.1 Å². The van der Waals surface area contributed by atoms with Gasteiger partial charge in [-0.1, -0.05) is 13.8 Å². The Bertz CT molecular complexity index is 635. The van der Waals surface area contributed by atoms with Crippen molar-refractivity contribution in [2.45, 2.75) is 45.2 Å². The fourth-order valence-corrected chi connectivity index (χ4v) is 2.47. The van der Waals surface area contributed by atoms with Gasteiger partial charge in [0, 0.05) is 18.2 Å². The number of aliphatic carboxylic acids is 3. The van der Waals surface area contributed by atoms with Crippen molar-refractivity contribution in [2.75, 3.05) is 5.75 Å². The molecule has 0 unspecified atom stereocenters. The van der Waals surface area contributed by atoms with Crippen molar-refractivity contribution >= 4 is 41.5 Å². The lowest BCUT2D eigenvalue weighted by Crippen LogP contribution is -2.68. The van der Waals surface area contributed by atoms with E-state index in [2.05, 4.69) is 16.4 Å². The van der Waals surface area contributed by atoms with Crippen LogP contribution in [0.1, 0.15) is 33.1 Å². The number of quaternary nitrogens is 1. The first-order chi connectivity index (χ1) is 13.0. The van der Waals surface area contributed by atoms with E-state index in [-0.39, 0.29) is 30.7 Å². The van der Waals surface area contributed by atoms with Gasteiger partial charge in [-0.2, -0.15) is 0 Å². The smallest absolute Gasteiger partial charge is 0.326 e. The Morgan fingerprint density at radius 2 is 1.79 bits per heavy atom. The molecule has 0 saturated carbocycles. The molecule has 0 radical (unpaired) electrons. The van der Waals surface area contributed by atoms with Crippen molar-refractivity contribution in [1.82, 2.24) is 10.6 Å². The Kier molecular flexibility index (Phi) is 11.5. The van der Waals surface area contributed by atoms with Gasteiger partial charge >= 0.3 is 11.9 Å². The first-order valence-electron chi connectivity index (χ1n) is 8.36. The lowest BCUT2D eigenvalue weighted by Gasteiger charge is -2.19. The van der Waals surface area contributed by atoms with Crippen LogP contribution in [0, 0.1) is 5.92 Å². The van der Waals surface area contributed by atoms with E-state index in [4.69, 9.17) is 10.2 Å². The normalized spacial score (nSPS) is 13.5. The number of amides is 2. The molecule has 2 atom stereocenters. The van der Waals surface area contributed by atoms with Gasteiger partial charge in [0.05, 0.1) is 11.7 Å². The van der Waals surface area contributed by atoms with E-state index in [1.807, 2.05) is 0 Å². The molecule has 0 aromatic rings. The molecule has 0 rings (SSSR count). The number of hydrogen-bond donors (Lipinski definition) is 5. The second-order valence-corrected chi connectivity index (χ2v) is 7.08. The van der Waals surface area contributed by atoms with Gasteiger partial charge in [-0.3, -0.25) is 14.4 Å². The van der Waals surface area contributed by atoms with Crippen molar-refractivity contribution in [3.63, 3.8) is 0 Å². The van der Waals surface area contributed by atoms with E-state index in [1.165, 1.54) is 0 Å².